The number of amides is 1. The van der Waals surface area contributed by atoms with E-state index in [1.165, 1.54) is 12.5 Å². The molecule has 1 aliphatic carbocycles. The van der Waals surface area contributed by atoms with Crippen molar-refractivity contribution in [3.8, 4) is 0 Å². The first-order valence-electron chi connectivity index (χ1n) is 8.34. The number of carbonyl (C=O) groups excluding carboxylic acids is 1. The van der Waals surface area contributed by atoms with Crippen LogP contribution < -0.4 is 5.32 Å². The predicted octanol–water partition coefficient (Wildman–Crippen LogP) is 2.08. The first kappa shape index (κ1) is 18.9. The molecule has 134 valence electrons. The Balaban J connectivity index is 1.93. The third-order valence-electron chi connectivity index (χ3n) is 4.35. The summed E-state index contributed by atoms with van der Waals surface area (Å²) in [5.41, 5.74) is 0.443. The average Bonchev–Trinajstić information content (AvgIpc) is 2.52. The molecule has 0 bridgehead atoms. The van der Waals surface area contributed by atoms with Crippen molar-refractivity contribution >= 4 is 15.9 Å². The number of nitrogens with zero attached hydrogens (tertiary/aromatic N) is 1. The number of hydrogen-bond acceptors (Lipinski definition) is 3. The molecule has 0 saturated heterocycles. The summed E-state index contributed by atoms with van der Waals surface area (Å²) in [6, 6.07) is 6.40. The highest BCUT2D eigenvalue weighted by Gasteiger charge is 2.22. The van der Waals surface area contributed by atoms with Crippen molar-refractivity contribution in [3.05, 3.63) is 35.6 Å². The molecule has 0 spiro atoms. The van der Waals surface area contributed by atoms with Gasteiger partial charge in [0, 0.05) is 12.6 Å². The molecular weight excluding hydrogens is 331 g/mol. The van der Waals surface area contributed by atoms with E-state index in [9.17, 15) is 17.6 Å². The monoisotopic (exact) mass is 356 g/mol. The van der Waals surface area contributed by atoms with E-state index in [1.54, 1.807) is 18.2 Å². The second kappa shape index (κ2) is 8.58. The van der Waals surface area contributed by atoms with Crippen LogP contribution in [0.5, 0.6) is 0 Å². The Morgan fingerprint density at radius 1 is 1.25 bits per heavy atom. The molecule has 0 aliphatic heterocycles. The summed E-state index contributed by atoms with van der Waals surface area (Å²) in [7, 11) is -3.53. The van der Waals surface area contributed by atoms with Gasteiger partial charge in [-0.1, -0.05) is 37.5 Å². The lowest BCUT2D eigenvalue weighted by molar-refractivity contribution is -0.122. The van der Waals surface area contributed by atoms with E-state index in [0.717, 1.165) is 36.2 Å². The lowest BCUT2D eigenvalue weighted by Crippen LogP contribution is -2.45. The summed E-state index contributed by atoms with van der Waals surface area (Å²) in [5, 5.41) is 2.91. The van der Waals surface area contributed by atoms with Crippen LogP contribution in [0.15, 0.2) is 24.3 Å². The zero-order valence-electron chi connectivity index (χ0n) is 14.0. The first-order chi connectivity index (χ1) is 11.4. The minimum Gasteiger partial charge on any atom is -0.352 e. The Labute approximate surface area is 143 Å². The molecule has 0 unspecified atom stereocenters. The highest BCUT2D eigenvalue weighted by Crippen LogP contribution is 2.17. The Bertz CT molecular complexity index is 658. The number of sulfonamides is 1. The van der Waals surface area contributed by atoms with Gasteiger partial charge in [0.2, 0.25) is 15.9 Å². The zero-order valence-corrected chi connectivity index (χ0v) is 14.8. The van der Waals surface area contributed by atoms with Crippen molar-refractivity contribution in [1.82, 2.24) is 9.62 Å². The maximum absolute atomic E-state index is 13.7. The van der Waals surface area contributed by atoms with Crippen LogP contribution in [0, 0.1) is 5.82 Å². The lowest BCUT2D eigenvalue weighted by atomic mass is 9.95. The van der Waals surface area contributed by atoms with Gasteiger partial charge in [0.1, 0.15) is 5.82 Å². The highest BCUT2D eigenvalue weighted by atomic mass is 32.2. The number of carbonyl (C=O) groups is 1. The van der Waals surface area contributed by atoms with Crippen molar-refractivity contribution in [3.63, 3.8) is 0 Å². The second-order valence-corrected chi connectivity index (χ2v) is 8.32. The summed E-state index contributed by atoms with van der Waals surface area (Å²) >= 11 is 0. The molecule has 0 heterocycles. The van der Waals surface area contributed by atoms with Gasteiger partial charge in [0.15, 0.2) is 0 Å². The molecule has 1 aromatic rings. The van der Waals surface area contributed by atoms with Gasteiger partial charge in [-0.25, -0.2) is 12.8 Å². The lowest BCUT2D eigenvalue weighted by Gasteiger charge is -2.25. The summed E-state index contributed by atoms with van der Waals surface area (Å²) < 4.78 is 38.6. The molecule has 1 aliphatic rings. The number of halogens is 1. The van der Waals surface area contributed by atoms with E-state index in [2.05, 4.69) is 5.32 Å². The average molecular weight is 356 g/mol. The summed E-state index contributed by atoms with van der Waals surface area (Å²) in [5.74, 6) is -0.654. The van der Waals surface area contributed by atoms with Gasteiger partial charge in [-0.3, -0.25) is 4.79 Å². The van der Waals surface area contributed by atoms with Crippen LogP contribution in [0.3, 0.4) is 0 Å². The normalized spacial score (nSPS) is 16.3. The Hall–Kier alpha value is -1.47. The van der Waals surface area contributed by atoms with Gasteiger partial charge in [0.05, 0.1) is 12.8 Å². The largest absolute Gasteiger partial charge is 0.352 e. The molecule has 0 radical (unpaired) electrons. The highest BCUT2D eigenvalue weighted by molar-refractivity contribution is 7.88. The van der Waals surface area contributed by atoms with Crippen molar-refractivity contribution < 1.29 is 17.6 Å². The minimum atomic E-state index is -3.53. The number of rotatable bonds is 7. The van der Waals surface area contributed by atoms with Crippen LogP contribution in [-0.2, 0) is 21.2 Å². The molecule has 24 heavy (non-hydrogen) atoms. The van der Waals surface area contributed by atoms with E-state index in [4.69, 9.17) is 0 Å². The Kier molecular flexibility index (Phi) is 6.74. The Morgan fingerprint density at radius 3 is 2.54 bits per heavy atom. The summed E-state index contributed by atoms with van der Waals surface area (Å²) in [4.78, 5) is 12.2. The molecule has 2 rings (SSSR count). The smallest absolute Gasteiger partial charge is 0.235 e. The fourth-order valence-electron chi connectivity index (χ4n) is 2.99. The van der Waals surface area contributed by atoms with Crippen LogP contribution in [0.1, 0.15) is 37.7 Å². The van der Waals surface area contributed by atoms with Gasteiger partial charge < -0.3 is 5.32 Å². The number of nitrogens with one attached hydrogen (secondary N) is 1. The summed E-state index contributed by atoms with van der Waals surface area (Å²) in [6.45, 7) is -0.137. The predicted molar refractivity (Wildman–Crippen MR) is 91.5 cm³/mol. The molecule has 1 saturated carbocycles. The molecule has 7 heteroatoms. The standard InChI is InChI=1S/C17H25FN2O3S/c1-24(22,23)20(12-11-14-7-5-6-10-16(14)18)13-17(21)19-15-8-3-2-4-9-15/h5-7,10,15H,2-4,8-9,11-13H2,1H3,(H,19,21). The van der Waals surface area contributed by atoms with Crippen LogP contribution in [0.4, 0.5) is 4.39 Å². The fourth-order valence-corrected chi connectivity index (χ4v) is 3.76. The molecule has 1 fully saturated rings. The van der Waals surface area contributed by atoms with Crippen molar-refractivity contribution in [2.75, 3.05) is 19.3 Å². The zero-order chi connectivity index (χ0) is 17.6. The van der Waals surface area contributed by atoms with Crippen LogP contribution in [0.2, 0.25) is 0 Å². The quantitative estimate of drug-likeness (QED) is 0.813. The van der Waals surface area contributed by atoms with E-state index >= 15 is 0 Å². The second-order valence-electron chi connectivity index (χ2n) is 6.34. The van der Waals surface area contributed by atoms with E-state index in [-0.39, 0.29) is 37.3 Å². The molecule has 1 amide bonds. The Morgan fingerprint density at radius 2 is 1.92 bits per heavy atom. The fraction of sp³-hybridized carbons (Fsp3) is 0.588. The molecule has 1 N–H and O–H groups in total. The van der Waals surface area contributed by atoms with Gasteiger partial charge in [-0.2, -0.15) is 4.31 Å². The molecule has 5 nitrogen and oxygen atoms in total. The van der Waals surface area contributed by atoms with Crippen molar-refractivity contribution in [1.29, 1.82) is 0 Å². The van der Waals surface area contributed by atoms with Gasteiger partial charge in [-0.05, 0) is 30.9 Å². The molecule has 0 atom stereocenters. The van der Waals surface area contributed by atoms with Gasteiger partial charge >= 0.3 is 0 Å². The molecule has 0 aromatic heterocycles. The topological polar surface area (TPSA) is 66.5 Å². The maximum Gasteiger partial charge on any atom is 0.235 e. The van der Waals surface area contributed by atoms with Gasteiger partial charge in [-0.15, -0.1) is 0 Å². The van der Waals surface area contributed by atoms with Crippen molar-refractivity contribution in [2.24, 2.45) is 0 Å². The minimum absolute atomic E-state index is 0.0812. The molecular formula is C17H25FN2O3S. The SMILES string of the molecule is CS(=O)(=O)N(CCc1ccccc1F)CC(=O)NC1CCCCC1. The third-order valence-corrected chi connectivity index (χ3v) is 5.60. The van der Waals surface area contributed by atoms with Crippen LogP contribution in [0.25, 0.3) is 0 Å². The van der Waals surface area contributed by atoms with Crippen molar-refractivity contribution in [2.45, 2.75) is 44.6 Å². The maximum atomic E-state index is 13.7. The number of benzene rings is 1. The van der Waals surface area contributed by atoms with E-state index in [1.807, 2.05) is 0 Å². The first-order valence-corrected chi connectivity index (χ1v) is 10.2. The summed E-state index contributed by atoms with van der Waals surface area (Å²) in [6.07, 6.45) is 6.56. The van der Waals surface area contributed by atoms with Gasteiger partial charge in [0.25, 0.3) is 0 Å². The van der Waals surface area contributed by atoms with E-state index in [0.29, 0.717) is 5.56 Å². The van der Waals surface area contributed by atoms with Crippen LogP contribution in [-0.4, -0.2) is 44.0 Å². The number of hydrogen-bond donors (Lipinski definition) is 1. The molecule has 1 aromatic carbocycles. The van der Waals surface area contributed by atoms with E-state index < -0.39 is 10.0 Å². The third kappa shape index (κ3) is 5.87. The van der Waals surface area contributed by atoms with Crippen LogP contribution >= 0.6 is 0 Å².